The highest BCUT2D eigenvalue weighted by atomic mass is 16.5. The van der Waals surface area contributed by atoms with Crippen LogP contribution in [0.15, 0.2) is 48.5 Å². The number of nitrogens with one attached hydrogen (secondary N) is 1. The lowest BCUT2D eigenvalue weighted by molar-refractivity contribution is -0.141. The average Bonchev–Trinajstić information content (AvgIpc) is 3.15. The minimum Gasteiger partial charge on any atom is -0.479 e. The molecule has 4 rings (SSSR count). The van der Waals surface area contributed by atoms with Gasteiger partial charge < -0.3 is 15.2 Å². The lowest BCUT2D eigenvalue weighted by Crippen LogP contribution is -2.45. The summed E-state index contributed by atoms with van der Waals surface area (Å²) in [5.74, 6) is -1.12. The largest absolute Gasteiger partial charge is 0.479 e. The van der Waals surface area contributed by atoms with Crippen LogP contribution < -0.4 is 5.32 Å². The van der Waals surface area contributed by atoms with Crippen molar-refractivity contribution >= 4 is 12.1 Å². The highest BCUT2D eigenvalue weighted by Crippen LogP contribution is 2.45. The molecule has 2 aliphatic carbocycles. The number of benzene rings is 2. The lowest BCUT2D eigenvalue weighted by Gasteiger charge is -2.17. The van der Waals surface area contributed by atoms with E-state index in [1.54, 1.807) is 6.92 Å². The molecule has 1 fully saturated rings. The number of aliphatic carboxylic acids is 1. The van der Waals surface area contributed by atoms with Gasteiger partial charge in [0, 0.05) is 5.92 Å². The molecule has 2 aromatic carbocycles. The number of amides is 1. The van der Waals surface area contributed by atoms with Crippen LogP contribution in [0, 0.1) is 5.92 Å². The molecule has 25 heavy (non-hydrogen) atoms. The summed E-state index contributed by atoms with van der Waals surface area (Å²) in [6.07, 6.45) is -0.236. The van der Waals surface area contributed by atoms with Crippen molar-refractivity contribution in [3.05, 3.63) is 59.7 Å². The zero-order chi connectivity index (χ0) is 17.6. The molecule has 0 spiro atoms. The molecular weight excluding hydrogens is 318 g/mol. The number of ether oxygens (including phenoxy) is 1. The van der Waals surface area contributed by atoms with Gasteiger partial charge in [0.2, 0.25) is 0 Å². The fraction of sp³-hybridized carbons (Fsp3) is 0.300. The van der Waals surface area contributed by atoms with Gasteiger partial charge in [0.25, 0.3) is 0 Å². The SMILES string of the molecule is C[C@@H]1C[C@]1(NC(=O)OCC1c2ccccc2-c2ccccc21)C(=O)O. The van der Waals surface area contributed by atoms with Crippen LogP contribution in [-0.4, -0.2) is 29.3 Å². The zero-order valence-corrected chi connectivity index (χ0v) is 13.9. The van der Waals surface area contributed by atoms with E-state index in [0.29, 0.717) is 6.42 Å². The summed E-state index contributed by atoms with van der Waals surface area (Å²) < 4.78 is 5.40. The molecule has 2 aromatic rings. The van der Waals surface area contributed by atoms with Crippen molar-refractivity contribution in [3.8, 4) is 11.1 Å². The van der Waals surface area contributed by atoms with Gasteiger partial charge in [0.05, 0.1) is 0 Å². The van der Waals surface area contributed by atoms with Crippen LogP contribution in [0.25, 0.3) is 11.1 Å². The molecule has 0 radical (unpaired) electrons. The van der Waals surface area contributed by atoms with E-state index in [9.17, 15) is 14.7 Å². The summed E-state index contributed by atoms with van der Waals surface area (Å²) >= 11 is 0. The van der Waals surface area contributed by atoms with E-state index in [1.807, 2.05) is 36.4 Å². The number of carbonyl (C=O) groups excluding carboxylic acids is 1. The Labute approximate surface area is 145 Å². The van der Waals surface area contributed by atoms with E-state index in [4.69, 9.17) is 4.74 Å². The number of carboxylic acid groups (broad SMARTS) is 1. The fourth-order valence-electron chi connectivity index (χ4n) is 3.77. The van der Waals surface area contributed by atoms with Crippen LogP contribution in [0.5, 0.6) is 0 Å². The second-order valence-electron chi connectivity index (χ2n) is 6.83. The van der Waals surface area contributed by atoms with E-state index < -0.39 is 17.6 Å². The molecule has 2 atom stereocenters. The Kier molecular flexibility index (Phi) is 3.53. The molecule has 0 aromatic heterocycles. The minimum atomic E-state index is -1.16. The van der Waals surface area contributed by atoms with Gasteiger partial charge in [-0.1, -0.05) is 55.5 Å². The van der Waals surface area contributed by atoms with Gasteiger partial charge in [-0.05, 0) is 34.6 Å². The van der Waals surface area contributed by atoms with E-state index in [1.165, 1.54) is 0 Å². The third-order valence-corrected chi connectivity index (χ3v) is 5.36. The van der Waals surface area contributed by atoms with Gasteiger partial charge in [0.1, 0.15) is 12.1 Å². The Morgan fingerprint density at radius 1 is 1.12 bits per heavy atom. The van der Waals surface area contributed by atoms with Crippen molar-refractivity contribution in [3.63, 3.8) is 0 Å². The summed E-state index contributed by atoms with van der Waals surface area (Å²) in [5.41, 5.74) is 3.41. The van der Waals surface area contributed by atoms with E-state index in [2.05, 4.69) is 17.4 Å². The second kappa shape index (κ2) is 5.62. The monoisotopic (exact) mass is 337 g/mol. The molecule has 1 amide bonds. The molecular formula is C20H19NO4. The number of rotatable bonds is 4. The Bertz CT molecular complexity index is 817. The Hall–Kier alpha value is -2.82. The van der Waals surface area contributed by atoms with Crippen LogP contribution in [0.2, 0.25) is 0 Å². The van der Waals surface area contributed by atoms with Crippen molar-refractivity contribution in [1.29, 1.82) is 0 Å². The molecule has 5 nitrogen and oxygen atoms in total. The summed E-state index contributed by atoms with van der Waals surface area (Å²) in [6, 6.07) is 16.2. The van der Waals surface area contributed by atoms with Crippen molar-refractivity contribution in [2.24, 2.45) is 5.92 Å². The first-order valence-corrected chi connectivity index (χ1v) is 8.39. The van der Waals surface area contributed by atoms with E-state index in [-0.39, 0.29) is 18.4 Å². The number of fused-ring (bicyclic) bond motifs is 3. The molecule has 1 saturated carbocycles. The maximum absolute atomic E-state index is 12.1. The first-order valence-electron chi connectivity index (χ1n) is 8.39. The van der Waals surface area contributed by atoms with E-state index in [0.717, 1.165) is 22.3 Å². The van der Waals surface area contributed by atoms with Gasteiger partial charge in [0.15, 0.2) is 0 Å². The molecule has 0 heterocycles. The highest BCUT2D eigenvalue weighted by molar-refractivity contribution is 5.88. The molecule has 0 bridgehead atoms. The topological polar surface area (TPSA) is 75.6 Å². The number of hydrogen-bond acceptors (Lipinski definition) is 3. The molecule has 0 saturated heterocycles. The van der Waals surface area contributed by atoms with Crippen molar-refractivity contribution in [1.82, 2.24) is 5.32 Å². The third-order valence-electron chi connectivity index (χ3n) is 5.36. The number of carbonyl (C=O) groups is 2. The smallest absolute Gasteiger partial charge is 0.408 e. The summed E-state index contributed by atoms with van der Waals surface area (Å²) in [7, 11) is 0. The predicted molar refractivity (Wildman–Crippen MR) is 92.4 cm³/mol. The first-order chi connectivity index (χ1) is 12.0. The summed E-state index contributed by atoms with van der Waals surface area (Å²) in [4.78, 5) is 23.5. The minimum absolute atomic E-state index is 0.0319. The first kappa shape index (κ1) is 15.7. The third kappa shape index (κ3) is 2.47. The fourth-order valence-corrected chi connectivity index (χ4v) is 3.77. The van der Waals surface area contributed by atoms with Gasteiger partial charge in [-0.25, -0.2) is 9.59 Å². The van der Waals surface area contributed by atoms with Crippen molar-refractivity contribution in [2.75, 3.05) is 6.61 Å². The van der Waals surface area contributed by atoms with Crippen molar-refractivity contribution < 1.29 is 19.4 Å². The Morgan fingerprint density at radius 3 is 2.12 bits per heavy atom. The second-order valence-corrected chi connectivity index (χ2v) is 6.83. The molecule has 2 aliphatic rings. The number of hydrogen-bond donors (Lipinski definition) is 2. The van der Waals surface area contributed by atoms with Crippen LogP contribution in [-0.2, 0) is 9.53 Å². The maximum Gasteiger partial charge on any atom is 0.408 e. The van der Waals surface area contributed by atoms with Gasteiger partial charge in [-0.2, -0.15) is 0 Å². The van der Waals surface area contributed by atoms with Gasteiger partial charge >= 0.3 is 12.1 Å². The predicted octanol–water partition coefficient (Wildman–Crippen LogP) is 3.39. The van der Waals surface area contributed by atoms with Gasteiger partial charge in [-0.3, -0.25) is 0 Å². The molecule has 0 unspecified atom stereocenters. The standard InChI is InChI=1S/C20H19NO4/c1-12-10-20(12,18(22)23)21-19(24)25-11-17-15-8-4-2-6-13(15)14-7-3-5-9-16(14)17/h2-9,12,17H,10-11H2,1H3,(H,21,24)(H,22,23)/t12-,20-/m1/s1. The summed E-state index contributed by atoms with van der Waals surface area (Å²) in [6.45, 7) is 1.99. The maximum atomic E-state index is 12.1. The van der Waals surface area contributed by atoms with Crippen LogP contribution >= 0.6 is 0 Å². The average molecular weight is 337 g/mol. The van der Waals surface area contributed by atoms with Gasteiger partial charge in [-0.15, -0.1) is 0 Å². The molecule has 5 heteroatoms. The zero-order valence-electron chi connectivity index (χ0n) is 13.9. The Morgan fingerprint density at radius 2 is 1.64 bits per heavy atom. The van der Waals surface area contributed by atoms with Crippen LogP contribution in [0.4, 0.5) is 4.79 Å². The quantitative estimate of drug-likeness (QED) is 0.897. The highest BCUT2D eigenvalue weighted by Gasteiger charge is 2.59. The molecule has 2 N–H and O–H groups in total. The summed E-state index contributed by atoms with van der Waals surface area (Å²) in [5, 5.41) is 11.8. The Balaban J connectivity index is 1.50. The van der Waals surface area contributed by atoms with Crippen molar-refractivity contribution in [2.45, 2.75) is 24.8 Å². The van der Waals surface area contributed by atoms with E-state index >= 15 is 0 Å². The lowest BCUT2D eigenvalue weighted by atomic mass is 9.98. The van der Waals surface area contributed by atoms with Crippen LogP contribution in [0.1, 0.15) is 30.4 Å². The number of alkyl carbamates (subject to hydrolysis) is 1. The molecule has 0 aliphatic heterocycles. The van der Waals surface area contributed by atoms with Crippen LogP contribution in [0.3, 0.4) is 0 Å². The normalized spacial score (nSPS) is 23.5. The molecule has 128 valence electrons. The number of carboxylic acids is 1.